The monoisotopic (exact) mass is 358 g/mol. The molecule has 0 bridgehead atoms. The quantitative estimate of drug-likeness (QED) is 0.869. The molecule has 0 aromatic heterocycles. The lowest BCUT2D eigenvalue weighted by Crippen LogP contribution is -2.49. The number of carbonyl (C=O) groups is 1. The van der Waals surface area contributed by atoms with Crippen LogP contribution < -0.4 is 10.6 Å². The summed E-state index contributed by atoms with van der Waals surface area (Å²) >= 11 is 5.99. The standard InChI is InChI=1S/C17H23ClN2O2.ClH/c18-14-7-5-13(6-8-14)16(12-3-1-2-4-12)20-17(21)15-11-19-9-10-22-15;/h5-8,12,15-16,19H,1-4,9-11H2,(H,20,21);1H. The molecule has 1 aromatic rings. The van der Waals surface area contributed by atoms with Gasteiger partial charge in [0.05, 0.1) is 12.6 Å². The Morgan fingerprint density at radius 3 is 2.57 bits per heavy atom. The second-order valence-corrected chi connectivity index (χ2v) is 6.58. The number of carbonyl (C=O) groups excluding carboxylic acids is 1. The van der Waals surface area contributed by atoms with Crippen LogP contribution >= 0.6 is 24.0 Å². The van der Waals surface area contributed by atoms with Gasteiger partial charge in [-0.1, -0.05) is 36.6 Å². The fourth-order valence-electron chi connectivity index (χ4n) is 3.41. The first-order valence-corrected chi connectivity index (χ1v) is 8.50. The third-order valence-corrected chi connectivity index (χ3v) is 4.87. The average molecular weight is 359 g/mol. The summed E-state index contributed by atoms with van der Waals surface area (Å²) in [4.78, 5) is 12.5. The largest absolute Gasteiger partial charge is 0.366 e. The van der Waals surface area contributed by atoms with Crippen LogP contribution in [-0.4, -0.2) is 31.7 Å². The molecule has 1 saturated carbocycles. The first-order chi connectivity index (χ1) is 10.7. The third kappa shape index (κ3) is 4.83. The van der Waals surface area contributed by atoms with Crippen LogP contribution in [0.3, 0.4) is 0 Å². The molecule has 2 N–H and O–H groups in total. The van der Waals surface area contributed by atoms with Crippen molar-refractivity contribution in [3.8, 4) is 0 Å². The molecule has 1 aliphatic carbocycles. The van der Waals surface area contributed by atoms with Gasteiger partial charge in [-0.05, 0) is 36.5 Å². The Bertz CT molecular complexity index is 498. The number of nitrogens with one attached hydrogen (secondary N) is 2. The Kier molecular flexibility index (Phi) is 7.15. The zero-order valence-corrected chi connectivity index (χ0v) is 14.7. The van der Waals surface area contributed by atoms with Crippen molar-refractivity contribution >= 4 is 29.9 Å². The highest BCUT2D eigenvalue weighted by Crippen LogP contribution is 2.36. The van der Waals surface area contributed by atoms with Crippen molar-refractivity contribution in [2.24, 2.45) is 5.92 Å². The Labute approximate surface area is 148 Å². The van der Waals surface area contributed by atoms with E-state index in [0.29, 0.717) is 19.1 Å². The van der Waals surface area contributed by atoms with E-state index in [1.165, 1.54) is 12.8 Å². The van der Waals surface area contributed by atoms with E-state index in [1.54, 1.807) is 0 Å². The summed E-state index contributed by atoms with van der Waals surface area (Å²) in [6.07, 6.45) is 4.43. The lowest BCUT2D eigenvalue weighted by atomic mass is 9.91. The Morgan fingerprint density at radius 2 is 1.96 bits per heavy atom. The van der Waals surface area contributed by atoms with Crippen LogP contribution in [0.4, 0.5) is 0 Å². The van der Waals surface area contributed by atoms with Crippen LogP contribution in [0.15, 0.2) is 24.3 Å². The molecular weight excluding hydrogens is 335 g/mol. The van der Waals surface area contributed by atoms with Gasteiger partial charge in [0.2, 0.25) is 0 Å². The molecule has 6 heteroatoms. The molecule has 4 nitrogen and oxygen atoms in total. The number of benzene rings is 1. The first kappa shape index (κ1) is 18.5. The molecule has 128 valence electrons. The van der Waals surface area contributed by atoms with Gasteiger partial charge in [0.1, 0.15) is 6.10 Å². The highest BCUT2D eigenvalue weighted by molar-refractivity contribution is 6.30. The minimum atomic E-state index is -0.384. The minimum Gasteiger partial charge on any atom is -0.366 e. The van der Waals surface area contributed by atoms with Gasteiger partial charge in [-0.3, -0.25) is 4.79 Å². The molecule has 2 atom stereocenters. The number of amides is 1. The molecule has 0 spiro atoms. The predicted molar refractivity (Wildman–Crippen MR) is 94.2 cm³/mol. The number of hydrogen-bond donors (Lipinski definition) is 2. The van der Waals surface area contributed by atoms with Gasteiger partial charge in [0.15, 0.2) is 0 Å². The van der Waals surface area contributed by atoms with Crippen LogP contribution in [-0.2, 0) is 9.53 Å². The maximum Gasteiger partial charge on any atom is 0.250 e. The second kappa shape index (κ2) is 8.88. The first-order valence-electron chi connectivity index (χ1n) is 8.12. The van der Waals surface area contributed by atoms with Crippen molar-refractivity contribution in [2.75, 3.05) is 19.7 Å². The summed E-state index contributed by atoms with van der Waals surface area (Å²) in [6.45, 7) is 1.99. The predicted octanol–water partition coefficient (Wildman–Crippen LogP) is 3.10. The smallest absolute Gasteiger partial charge is 0.250 e. The van der Waals surface area contributed by atoms with Crippen LogP contribution in [0.25, 0.3) is 0 Å². The fraction of sp³-hybridized carbons (Fsp3) is 0.588. The van der Waals surface area contributed by atoms with E-state index in [2.05, 4.69) is 10.6 Å². The van der Waals surface area contributed by atoms with E-state index in [0.717, 1.165) is 30.0 Å². The molecule has 2 aliphatic rings. The van der Waals surface area contributed by atoms with E-state index < -0.39 is 0 Å². The molecule has 1 amide bonds. The minimum absolute atomic E-state index is 0. The molecule has 2 fully saturated rings. The van der Waals surface area contributed by atoms with Crippen LogP contribution in [0.1, 0.15) is 37.3 Å². The molecule has 1 aromatic carbocycles. The van der Waals surface area contributed by atoms with Gasteiger partial charge in [-0.25, -0.2) is 0 Å². The number of morpholine rings is 1. The van der Waals surface area contributed by atoms with Gasteiger partial charge in [0.25, 0.3) is 5.91 Å². The van der Waals surface area contributed by atoms with Crippen molar-refractivity contribution in [1.29, 1.82) is 0 Å². The molecule has 1 aliphatic heterocycles. The van der Waals surface area contributed by atoms with Crippen molar-refractivity contribution in [2.45, 2.75) is 37.8 Å². The van der Waals surface area contributed by atoms with E-state index in [-0.39, 0.29) is 30.5 Å². The zero-order valence-electron chi connectivity index (χ0n) is 13.1. The number of hydrogen-bond acceptors (Lipinski definition) is 3. The molecule has 3 rings (SSSR count). The van der Waals surface area contributed by atoms with Crippen LogP contribution in [0, 0.1) is 5.92 Å². The fourth-order valence-corrected chi connectivity index (χ4v) is 3.54. The summed E-state index contributed by atoms with van der Waals surface area (Å²) in [5, 5.41) is 7.14. The van der Waals surface area contributed by atoms with Gasteiger partial charge in [-0.2, -0.15) is 0 Å². The van der Waals surface area contributed by atoms with Crippen LogP contribution in [0.2, 0.25) is 5.02 Å². The Hall–Kier alpha value is -0.810. The second-order valence-electron chi connectivity index (χ2n) is 6.15. The molecule has 23 heavy (non-hydrogen) atoms. The van der Waals surface area contributed by atoms with Crippen molar-refractivity contribution in [3.63, 3.8) is 0 Å². The molecular formula is C17H24Cl2N2O2. The van der Waals surface area contributed by atoms with Crippen molar-refractivity contribution in [1.82, 2.24) is 10.6 Å². The van der Waals surface area contributed by atoms with Gasteiger partial charge in [0, 0.05) is 18.1 Å². The maximum absolute atomic E-state index is 12.5. The molecule has 0 radical (unpaired) electrons. The van der Waals surface area contributed by atoms with E-state index in [9.17, 15) is 4.79 Å². The zero-order chi connectivity index (χ0) is 15.4. The summed E-state index contributed by atoms with van der Waals surface area (Å²) in [7, 11) is 0. The van der Waals surface area contributed by atoms with Crippen LogP contribution in [0.5, 0.6) is 0 Å². The lowest BCUT2D eigenvalue weighted by Gasteiger charge is -2.29. The number of halogens is 2. The molecule has 1 saturated heterocycles. The lowest BCUT2D eigenvalue weighted by molar-refractivity contribution is -0.135. The van der Waals surface area contributed by atoms with Gasteiger partial charge < -0.3 is 15.4 Å². The Morgan fingerprint density at radius 1 is 1.26 bits per heavy atom. The number of rotatable bonds is 4. The van der Waals surface area contributed by atoms with Gasteiger partial charge >= 0.3 is 0 Å². The van der Waals surface area contributed by atoms with E-state index in [4.69, 9.17) is 16.3 Å². The molecule has 1 heterocycles. The average Bonchev–Trinajstić information content (AvgIpc) is 3.08. The maximum atomic E-state index is 12.5. The summed E-state index contributed by atoms with van der Waals surface area (Å²) in [6, 6.07) is 7.88. The summed E-state index contributed by atoms with van der Waals surface area (Å²) in [5.74, 6) is 0.487. The topological polar surface area (TPSA) is 50.4 Å². The summed E-state index contributed by atoms with van der Waals surface area (Å²) in [5.41, 5.74) is 1.13. The van der Waals surface area contributed by atoms with Gasteiger partial charge in [-0.15, -0.1) is 12.4 Å². The highest BCUT2D eigenvalue weighted by Gasteiger charge is 2.30. The van der Waals surface area contributed by atoms with E-state index in [1.807, 2.05) is 24.3 Å². The Balaban J connectivity index is 0.00000192. The molecule has 2 unspecified atom stereocenters. The number of ether oxygens (including phenoxy) is 1. The van der Waals surface area contributed by atoms with Crippen molar-refractivity contribution in [3.05, 3.63) is 34.9 Å². The SMILES string of the molecule is Cl.O=C(NC(c1ccc(Cl)cc1)C1CCCC1)C1CNCCO1. The normalized spacial score (nSPS) is 23.1. The summed E-state index contributed by atoms with van der Waals surface area (Å²) < 4.78 is 5.56. The third-order valence-electron chi connectivity index (χ3n) is 4.62. The van der Waals surface area contributed by atoms with E-state index >= 15 is 0 Å². The highest BCUT2D eigenvalue weighted by atomic mass is 35.5. The van der Waals surface area contributed by atoms with Crippen molar-refractivity contribution < 1.29 is 9.53 Å².